The van der Waals surface area contributed by atoms with Crippen molar-refractivity contribution < 1.29 is 14.3 Å². The molecule has 4 rings (SSSR count). The lowest BCUT2D eigenvalue weighted by Gasteiger charge is -2.41. The highest BCUT2D eigenvalue weighted by Gasteiger charge is 2.47. The molecule has 1 saturated carbocycles. The summed E-state index contributed by atoms with van der Waals surface area (Å²) in [5, 5.41) is 4.54. The quantitative estimate of drug-likeness (QED) is 0.810. The molecule has 2 aromatic heterocycles. The highest BCUT2D eigenvalue weighted by molar-refractivity contribution is 5.79. The molecule has 9 heteroatoms. The molecule has 2 aliphatic rings. The summed E-state index contributed by atoms with van der Waals surface area (Å²) in [4.78, 5) is 35.0. The third-order valence-corrected chi connectivity index (χ3v) is 5.13. The summed E-state index contributed by atoms with van der Waals surface area (Å²) < 4.78 is 7.83. The van der Waals surface area contributed by atoms with E-state index in [9.17, 15) is 9.59 Å². The van der Waals surface area contributed by atoms with Gasteiger partial charge in [-0.05, 0) is 45.2 Å². The summed E-state index contributed by atoms with van der Waals surface area (Å²) in [6, 6.07) is 3.65. The Morgan fingerprint density at radius 3 is 2.69 bits per heavy atom. The van der Waals surface area contributed by atoms with Gasteiger partial charge in [0.15, 0.2) is 11.6 Å². The maximum Gasteiger partial charge on any atom is 0.249 e. The molecule has 2 fully saturated rings. The topological polar surface area (TPSA) is 116 Å². The standard InChI is InChI=1S/C20H26N6O3/c1-20(2,3)26-19(23-15(24-26)9-14(21)27)18-17(12-5-4-8-22-10-12)25(13-6-7-13)16(28)11-29-18/h4-5,8,10,13,17-18H,6-7,9,11H2,1-3H3,(H2,21,27)/t17-,18+/m1/s1. The number of nitrogens with two attached hydrogens (primary N) is 1. The smallest absolute Gasteiger partial charge is 0.249 e. The van der Waals surface area contributed by atoms with E-state index in [0.29, 0.717) is 11.6 Å². The zero-order valence-corrected chi connectivity index (χ0v) is 16.9. The van der Waals surface area contributed by atoms with Crippen LogP contribution in [-0.4, -0.2) is 49.1 Å². The van der Waals surface area contributed by atoms with Crippen LogP contribution in [0.1, 0.15) is 63.0 Å². The summed E-state index contributed by atoms with van der Waals surface area (Å²) in [5.41, 5.74) is 5.85. The minimum Gasteiger partial charge on any atom is -0.369 e. The first kappa shape index (κ1) is 19.5. The number of carbonyl (C=O) groups excluding carboxylic acids is 2. The SMILES string of the molecule is CC(C)(C)n1nc(CC(N)=O)nc1[C@H]1OCC(=O)N(C2CC2)[C@@H]1c1cccnc1. The summed E-state index contributed by atoms with van der Waals surface area (Å²) in [6.07, 6.45) is 4.85. The predicted octanol–water partition coefficient (Wildman–Crippen LogP) is 1.26. The second-order valence-electron chi connectivity index (χ2n) is 8.61. The van der Waals surface area contributed by atoms with Crippen LogP contribution in [0.15, 0.2) is 24.5 Å². The van der Waals surface area contributed by atoms with Gasteiger partial charge in [-0.25, -0.2) is 9.67 Å². The second kappa shape index (κ2) is 7.22. The molecule has 2 aromatic rings. The maximum atomic E-state index is 12.7. The minimum atomic E-state index is -0.522. The third kappa shape index (κ3) is 3.87. The first-order valence-electron chi connectivity index (χ1n) is 9.83. The van der Waals surface area contributed by atoms with Crippen LogP contribution in [-0.2, 0) is 26.3 Å². The number of rotatable bonds is 5. The monoisotopic (exact) mass is 398 g/mol. The van der Waals surface area contributed by atoms with E-state index in [4.69, 9.17) is 10.5 Å². The van der Waals surface area contributed by atoms with E-state index in [1.54, 1.807) is 17.1 Å². The van der Waals surface area contributed by atoms with Crippen LogP contribution in [0.5, 0.6) is 0 Å². The number of hydrogen-bond donors (Lipinski definition) is 1. The van der Waals surface area contributed by atoms with E-state index in [1.165, 1.54) is 0 Å². The van der Waals surface area contributed by atoms with Gasteiger partial charge < -0.3 is 15.4 Å². The molecule has 1 saturated heterocycles. The zero-order chi connectivity index (χ0) is 20.8. The molecule has 2 N–H and O–H groups in total. The molecular formula is C20H26N6O3. The number of morpholine rings is 1. The van der Waals surface area contributed by atoms with Crippen molar-refractivity contribution in [2.24, 2.45) is 5.73 Å². The van der Waals surface area contributed by atoms with E-state index in [0.717, 1.165) is 18.4 Å². The van der Waals surface area contributed by atoms with Gasteiger partial charge in [-0.1, -0.05) is 6.07 Å². The number of carbonyl (C=O) groups is 2. The summed E-state index contributed by atoms with van der Waals surface area (Å²) >= 11 is 0. The zero-order valence-electron chi connectivity index (χ0n) is 16.9. The number of hydrogen-bond acceptors (Lipinski definition) is 6. The van der Waals surface area contributed by atoms with Gasteiger partial charge in [-0.2, -0.15) is 5.10 Å². The third-order valence-electron chi connectivity index (χ3n) is 5.13. The molecule has 0 radical (unpaired) electrons. The highest BCUT2D eigenvalue weighted by atomic mass is 16.5. The average molecular weight is 398 g/mol. The second-order valence-corrected chi connectivity index (χ2v) is 8.61. The fraction of sp³-hybridized carbons (Fsp3) is 0.550. The summed E-state index contributed by atoms with van der Waals surface area (Å²) in [7, 11) is 0. The fourth-order valence-corrected chi connectivity index (χ4v) is 3.79. The van der Waals surface area contributed by atoms with Crippen molar-refractivity contribution in [3.63, 3.8) is 0 Å². The summed E-state index contributed by atoms with van der Waals surface area (Å²) in [6.45, 7) is 6.00. The number of pyridine rings is 1. The van der Waals surface area contributed by atoms with E-state index >= 15 is 0 Å². The van der Waals surface area contributed by atoms with Crippen LogP contribution in [0.3, 0.4) is 0 Å². The molecule has 29 heavy (non-hydrogen) atoms. The first-order chi connectivity index (χ1) is 13.8. The molecular weight excluding hydrogens is 372 g/mol. The van der Waals surface area contributed by atoms with Crippen molar-refractivity contribution in [1.82, 2.24) is 24.6 Å². The Bertz CT molecular complexity index is 916. The number of ether oxygens (including phenoxy) is 1. The average Bonchev–Trinajstić information content (AvgIpc) is 3.40. The maximum absolute atomic E-state index is 12.7. The van der Waals surface area contributed by atoms with Gasteiger partial charge in [0.25, 0.3) is 0 Å². The van der Waals surface area contributed by atoms with Crippen molar-refractivity contribution in [3.05, 3.63) is 41.7 Å². The molecule has 0 bridgehead atoms. The largest absolute Gasteiger partial charge is 0.369 e. The van der Waals surface area contributed by atoms with Crippen molar-refractivity contribution in [1.29, 1.82) is 0 Å². The highest BCUT2D eigenvalue weighted by Crippen LogP contribution is 2.45. The number of amides is 2. The van der Waals surface area contributed by atoms with Crippen LogP contribution < -0.4 is 5.73 Å². The van der Waals surface area contributed by atoms with E-state index < -0.39 is 17.6 Å². The van der Waals surface area contributed by atoms with Crippen molar-refractivity contribution in [2.45, 2.75) is 63.8 Å². The fourth-order valence-electron chi connectivity index (χ4n) is 3.79. The van der Waals surface area contributed by atoms with Crippen LogP contribution in [0, 0.1) is 0 Å². The predicted molar refractivity (Wildman–Crippen MR) is 103 cm³/mol. The molecule has 154 valence electrons. The molecule has 9 nitrogen and oxygen atoms in total. The molecule has 2 amide bonds. The molecule has 3 heterocycles. The lowest BCUT2D eigenvalue weighted by Crippen LogP contribution is -2.48. The lowest BCUT2D eigenvalue weighted by molar-refractivity contribution is -0.160. The number of nitrogens with zero attached hydrogens (tertiary/aromatic N) is 5. The Hall–Kier alpha value is -2.81. The number of primary amides is 1. The molecule has 0 unspecified atom stereocenters. The summed E-state index contributed by atoms with van der Waals surface area (Å²) in [5.74, 6) is 0.411. The normalized spacial score (nSPS) is 22.7. The molecule has 1 aliphatic heterocycles. The van der Waals surface area contributed by atoms with Crippen LogP contribution in [0.4, 0.5) is 0 Å². The van der Waals surface area contributed by atoms with Crippen LogP contribution >= 0.6 is 0 Å². The minimum absolute atomic E-state index is 0.0138. The van der Waals surface area contributed by atoms with Gasteiger partial charge in [0.05, 0.1) is 18.0 Å². The molecule has 1 aliphatic carbocycles. The van der Waals surface area contributed by atoms with Crippen molar-refractivity contribution in [3.8, 4) is 0 Å². The van der Waals surface area contributed by atoms with Crippen molar-refractivity contribution >= 4 is 11.8 Å². The number of aromatic nitrogens is 4. The van der Waals surface area contributed by atoms with E-state index in [2.05, 4.69) is 15.1 Å². The van der Waals surface area contributed by atoms with Gasteiger partial charge in [0, 0.05) is 18.4 Å². The Morgan fingerprint density at radius 2 is 2.10 bits per heavy atom. The van der Waals surface area contributed by atoms with E-state index in [-0.39, 0.29) is 31.0 Å². The van der Waals surface area contributed by atoms with Gasteiger partial charge in [0.2, 0.25) is 11.8 Å². The Balaban J connectivity index is 1.82. The Kier molecular flexibility index (Phi) is 4.85. The van der Waals surface area contributed by atoms with Gasteiger partial charge >= 0.3 is 0 Å². The van der Waals surface area contributed by atoms with E-state index in [1.807, 2.05) is 37.8 Å². The van der Waals surface area contributed by atoms with Gasteiger partial charge in [-0.15, -0.1) is 0 Å². The first-order valence-corrected chi connectivity index (χ1v) is 9.83. The Morgan fingerprint density at radius 1 is 1.34 bits per heavy atom. The molecule has 2 atom stereocenters. The lowest BCUT2D eigenvalue weighted by atomic mass is 9.97. The van der Waals surface area contributed by atoms with Crippen LogP contribution in [0.25, 0.3) is 0 Å². The van der Waals surface area contributed by atoms with Gasteiger partial charge in [0.1, 0.15) is 12.7 Å². The van der Waals surface area contributed by atoms with Gasteiger partial charge in [-0.3, -0.25) is 14.6 Å². The van der Waals surface area contributed by atoms with Crippen molar-refractivity contribution in [2.75, 3.05) is 6.61 Å². The van der Waals surface area contributed by atoms with Crippen LogP contribution in [0.2, 0.25) is 0 Å². The molecule has 0 aromatic carbocycles. The molecule has 0 spiro atoms. The Labute approximate surface area is 169 Å².